The van der Waals surface area contributed by atoms with E-state index in [1.807, 2.05) is 18.2 Å². The van der Waals surface area contributed by atoms with Gasteiger partial charge in [0.15, 0.2) is 0 Å². The lowest BCUT2D eigenvalue weighted by molar-refractivity contribution is -0.0231. The van der Waals surface area contributed by atoms with E-state index < -0.39 is 6.10 Å². The molecule has 2 fully saturated rings. The van der Waals surface area contributed by atoms with Gasteiger partial charge in [0.05, 0.1) is 6.10 Å². The Morgan fingerprint density at radius 3 is 2.79 bits per heavy atom. The van der Waals surface area contributed by atoms with Gasteiger partial charge in [0.25, 0.3) is 5.91 Å². The van der Waals surface area contributed by atoms with Crippen LogP contribution in [0.3, 0.4) is 0 Å². The molecule has 0 unspecified atom stereocenters. The van der Waals surface area contributed by atoms with Crippen LogP contribution in [0.25, 0.3) is 0 Å². The number of pyridine rings is 1. The van der Waals surface area contributed by atoms with Crippen molar-refractivity contribution in [3.8, 4) is 11.8 Å². The molecule has 4 rings (SSSR count). The first-order valence-electron chi connectivity index (χ1n) is 9.29. The van der Waals surface area contributed by atoms with Crippen LogP contribution in [-0.2, 0) is 0 Å². The zero-order chi connectivity index (χ0) is 19.7. The highest BCUT2D eigenvalue weighted by Crippen LogP contribution is 2.38. The van der Waals surface area contributed by atoms with Gasteiger partial charge in [-0.1, -0.05) is 17.7 Å². The Kier molecular flexibility index (Phi) is 5.21. The van der Waals surface area contributed by atoms with Crippen molar-refractivity contribution < 1.29 is 14.6 Å². The fourth-order valence-corrected chi connectivity index (χ4v) is 4.39. The number of carbonyl (C=O) groups excluding carboxylic acids is 1. The number of carbonyl (C=O) groups is 1. The molecule has 0 bridgehead atoms. The standard InChI is InChI=1S/C21H20ClN3O3/c22-16-2-1-3-18(9-16)28-20-8-15-12-25(11-14(15)7-19(20)26)21(27)13-4-5-24-17(6-13)10-23/h1-6,9,14-15,19-20,26H,7-8,11-12H2/t14-,15+,19+,20+/m0/s1. The summed E-state index contributed by atoms with van der Waals surface area (Å²) in [5, 5.41) is 20.1. The quantitative estimate of drug-likeness (QED) is 0.860. The Bertz CT molecular complexity index is 929. The minimum Gasteiger partial charge on any atom is -0.488 e. The van der Waals surface area contributed by atoms with E-state index in [0.717, 1.165) is 0 Å². The first-order chi connectivity index (χ1) is 13.5. The van der Waals surface area contributed by atoms with E-state index in [9.17, 15) is 9.90 Å². The van der Waals surface area contributed by atoms with Gasteiger partial charge in [0.1, 0.15) is 23.6 Å². The van der Waals surface area contributed by atoms with E-state index in [4.69, 9.17) is 21.6 Å². The maximum Gasteiger partial charge on any atom is 0.254 e. The smallest absolute Gasteiger partial charge is 0.254 e. The third-order valence-corrected chi connectivity index (χ3v) is 5.81. The average Bonchev–Trinajstić information content (AvgIpc) is 3.10. The first-order valence-corrected chi connectivity index (χ1v) is 9.67. The monoisotopic (exact) mass is 397 g/mol. The number of nitriles is 1. The van der Waals surface area contributed by atoms with Gasteiger partial charge >= 0.3 is 0 Å². The number of likely N-dealkylation sites (tertiary alicyclic amines) is 1. The highest BCUT2D eigenvalue weighted by molar-refractivity contribution is 6.30. The minimum absolute atomic E-state index is 0.102. The number of aromatic nitrogens is 1. The van der Waals surface area contributed by atoms with Crippen LogP contribution >= 0.6 is 11.6 Å². The van der Waals surface area contributed by atoms with Gasteiger partial charge in [-0.2, -0.15) is 5.26 Å². The molecule has 1 saturated heterocycles. The van der Waals surface area contributed by atoms with Gasteiger partial charge in [0, 0.05) is 29.9 Å². The highest BCUT2D eigenvalue weighted by Gasteiger charge is 2.44. The number of ether oxygens (including phenoxy) is 1. The molecular weight excluding hydrogens is 378 g/mol. The van der Waals surface area contributed by atoms with E-state index >= 15 is 0 Å². The summed E-state index contributed by atoms with van der Waals surface area (Å²) in [6, 6.07) is 12.3. The van der Waals surface area contributed by atoms with E-state index in [-0.39, 0.29) is 29.5 Å². The summed E-state index contributed by atoms with van der Waals surface area (Å²) in [5.74, 6) is 1.06. The van der Waals surface area contributed by atoms with Crippen molar-refractivity contribution in [3.63, 3.8) is 0 Å². The number of hydrogen-bond donors (Lipinski definition) is 1. The summed E-state index contributed by atoms with van der Waals surface area (Å²) in [5.41, 5.74) is 0.699. The SMILES string of the molecule is N#Cc1cc(C(=O)N2C[C@H]3C[C@@H](Oc4cccc(Cl)c4)[C@H](O)C[C@H]3C2)ccn1. The normalized spacial score (nSPS) is 26.4. The largest absolute Gasteiger partial charge is 0.488 e. The number of benzene rings is 1. The number of rotatable bonds is 3. The van der Waals surface area contributed by atoms with Gasteiger partial charge in [-0.3, -0.25) is 4.79 Å². The fraction of sp³-hybridized carbons (Fsp3) is 0.381. The van der Waals surface area contributed by atoms with Crippen molar-refractivity contribution in [3.05, 3.63) is 58.9 Å². The summed E-state index contributed by atoms with van der Waals surface area (Å²) in [7, 11) is 0. The maximum atomic E-state index is 12.8. The molecule has 7 heteroatoms. The van der Waals surface area contributed by atoms with Crippen LogP contribution in [0.4, 0.5) is 0 Å². The predicted molar refractivity (Wildman–Crippen MR) is 103 cm³/mol. The van der Waals surface area contributed by atoms with E-state index in [0.29, 0.717) is 42.3 Å². The lowest BCUT2D eigenvalue weighted by Crippen LogP contribution is -2.42. The Balaban J connectivity index is 1.44. The van der Waals surface area contributed by atoms with Gasteiger partial charge in [-0.05, 0) is 55.0 Å². The van der Waals surface area contributed by atoms with Gasteiger partial charge in [0.2, 0.25) is 0 Å². The molecule has 1 saturated carbocycles. The molecule has 1 N–H and O–H groups in total. The third kappa shape index (κ3) is 3.82. The van der Waals surface area contributed by atoms with Gasteiger partial charge in [-0.25, -0.2) is 4.98 Å². The number of hydrogen-bond acceptors (Lipinski definition) is 5. The number of nitrogens with zero attached hydrogens (tertiary/aromatic N) is 3. The molecule has 2 aliphatic rings. The average molecular weight is 398 g/mol. The lowest BCUT2D eigenvalue weighted by atomic mass is 9.78. The molecule has 0 spiro atoms. The van der Waals surface area contributed by atoms with E-state index in [1.54, 1.807) is 23.1 Å². The zero-order valence-electron chi connectivity index (χ0n) is 15.2. The second-order valence-electron chi connectivity index (χ2n) is 7.42. The Morgan fingerprint density at radius 2 is 2.04 bits per heavy atom. The summed E-state index contributed by atoms with van der Waals surface area (Å²) >= 11 is 6.01. The number of aliphatic hydroxyl groups excluding tert-OH is 1. The Morgan fingerprint density at radius 1 is 1.25 bits per heavy atom. The second kappa shape index (κ2) is 7.78. The van der Waals surface area contributed by atoms with Crippen molar-refractivity contribution in [1.29, 1.82) is 5.26 Å². The maximum absolute atomic E-state index is 12.8. The number of halogens is 1. The lowest BCUT2D eigenvalue weighted by Gasteiger charge is -2.35. The van der Waals surface area contributed by atoms with Crippen molar-refractivity contribution in [2.45, 2.75) is 25.0 Å². The predicted octanol–water partition coefficient (Wildman–Crippen LogP) is 2.90. The van der Waals surface area contributed by atoms with Crippen LogP contribution < -0.4 is 4.74 Å². The van der Waals surface area contributed by atoms with Crippen LogP contribution in [0.15, 0.2) is 42.6 Å². The molecule has 1 aliphatic carbocycles. The first kappa shape index (κ1) is 18.7. The van der Waals surface area contributed by atoms with Crippen LogP contribution in [0.2, 0.25) is 5.02 Å². The van der Waals surface area contributed by atoms with Gasteiger partial charge in [-0.15, -0.1) is 0 Å². The minimum atomic E-state index is -0.582. The van der Waals surface area contributed by atoms with Crippen LogP contribution in [0.1, 0.15) is 28.9 Å². The molecule has 6 nitrogen and oxygen atoms in total. The van der Waals surface area contributed by atoms with Crippen LogP contribution in [0.5, 0.6) is 5.75 Å². The molecular formula is C21H20ClN3O3. The number of aliphatic hydroxyl groups is 1. The second-order valence-corrected chi connectivity index (χ2v) is 7.86. The number of amides is 1. The summed E-state index contributed by atoms with van der Waals surface area (Å²) in [4.78, 5) is 18.6. The number of fused-ring (bicyclic) bond motifs is 1. The third-order valence-electron chi connectivity index (χ3n) is 5.58. The zero-order valence-corrected chi connectivity index (χ0v) is 15.9. The van der Waals surface area contributed by atoms with Gasteiger partial charge < -0.3 is 14.7 Å². The van der Waals surface area contributed by atoms with Crippen molar-refractivity contribution in [1.82, 2.24) is 9.88 Å². The van der Waals surface area contributed by atoms with Crippen molar-refractivity contribution in [2.75, 3.05) is 13.1 Å². The molecule has 1 aromatic heterocycles. The molecule has 2 aromatic rings. The molecule has 1 amide bonds. The Labute approximate surface area is 168 Å². The summed E-state index contributed by atoms with van der Waals surface area (Å²) in [6.07, 6.45) is 1.86. The fourth-order valence-electron chi connectivity index (χ4n) is 4.21. The molecule has 0 radical (unpaired) electrons. The van der Waals surface area contributed by atoms with Crippen LogP contribution in [-0.4, -0.2) is 46.2 Å². The molecule has 144 valence electrons. The highest BCUT2D eigenvalue weighted by atomic mass is 35.5. The van der Waals surface area contributed by atoms with E-state index in [2.05, 4.69) is 4.98 Å². The molecule has 4 atom stereocenters. The molecule has 28 heavy (non-hydrogen) atoms. The summed E-state index contributed by atoms with van der Waals surface area (Å²) < 4.78 is 5.99. The molecule has 1 aliphatic heterocycles. The summed E-state index contributed by atoms with van der Waals surface area (Å²) in [6.45, 7) is 1.23. The van der Waals surface area contributed by atoms with Crippen molar-refractivity contribution >= 4 is 17.5 Å². The van der Waals surface area contributed by atoms with Crippen LogP contribution in [0, 0.1) is 23.2 Å². The van der Waals surface area contributed by atoms with Crippen molar-refractivity contribution in [2.24, 2.45) is 11.8 Å². The topological polar surface area (TPSA) is 86.5 Å². The molecule has 1 aromatic carbocycles. The molecule has 2 heterocycles. The Hall–Kier alpha value is -2.62. The van der Waals surface area contributed by atoms with E-state index in [1.165, 1.54) is 12.3 Å².